The molecule has 1 amide bonds. The lowest BCUT2D eigenvalue weighted by Gasteiger charge is -2.04. The Morgan fingerprint density at radius 2 is 2.22 bits per heavy atom. The third kappa shape index (κ3) is 2.68. The summed E-state index contributed by atoms with van der Waals surface area (Å²) in [5, 5.41) is 6.86. The van der Waals surface area contributed by atoms with E-state index in [2.05, 4.69) is 15.5 Å². The Hall–Kier alpha value is -1.88. The minimum atomic E-state index is -0.280. The van der Waals surface area contributed by atoms with E-state index < -0.39 is 0 Å². The quantitative estimate of drug-likeness (QED) is 0.865. The molecule has 0 spiro atoms. The van der Waals surface area contributed by atoms with Crippen molar-refractivity contribution in [2.75, 3.05) is 0 Å². The molecule has 0 atom stereocenters. The second-order valence-corrected chi connectivity index (χ2v) is 4.22. The van der Waals surface area contributed by atoms with Gasteiger partial charge in [0.05, 0.1) is 5.69 Å². The molecule has 0 aromatic carbocycles. The highest BCUT2D eigenvalue weighted by molar-refractivity contribution is 6.29. The van der Waals surface area contributed by atoms with Gasteiger partial charge in [-0.05, 0) is 26.0 Å². The monoisotopic (exact) mass is 265 g/mol. The van der Waals surface area contributed by atoms with Crippen LogP contribution in [0.4, 0.5) is 0 Å². The SMILES string of the molecule is Cc1noc(C)c1CNC(=O)c1cccc(Cl)n1. The van der Waals surface area contributed by atoms with Crippen LogP contribution in [-0.2, 0) is 6.54 Å². The molecule has 0 fully saturated rings. The molecule has 2 rings (SSSR count). The van der Waals surface area contributed by atoms with Crippen LogP contribution in [-0.4, -0.2) is 16.0 Å². The summed E-state index contributed by atoms with van der Waals surface area (Å²) in [6, 6.07) is 4.90. The molecule has 0 radical (unpaired) electrons. The molecule has 18 heavy (non-hydrogen) atoms. The lowest BCUT2D eigenvalue weighted by atomic mass is 10.2. The van der Waals surface area contributed by atoms with Crippen LogP contribution < -0.4 is 5.32 Å². The highest BCUT2D eigenvalue weighted by atomic mass is 35.5. The van der Waals surface area contributed by atoms with Crippen LogP contribution in [0.5, 0.6) is 0 Å². The zero-order valence-corrected chi connectivity index (χ0v) is 10.8. The minimum absolute atomic E-state index is 0.280. The smallest absolute Gasteiger partial charge is 0.270 e. The van der Waals surface area contributed by atoms with Crippen LogP contribution in [0.3, 0.4) is 0 Å². The Labute approximate surface area is 109 Å². The minimum Gasteiger partial charge on any atom is -0.361 e. The Bertz CT molecular complexity index is 561. The molecule has 0 aliphatic rings. The molecular weight excluding hydrogens is 254 g/mol. The third-order valence-electron chi connectivity index (χ3n) is 2.55. The summed E-state index contributed by atoms with van der Waals surface area (Å²) in [4.78, 5) is 15.8. The zero-order chi connectivity index (χ0) is 13.1. The number of pyridine rings is 1. The lowest BCUT2D eigenvalue weighted by Crippen LogP contribution is -2.24. The van der Waals surface area contributed by atoms with Gasteiger partial charge in [0.15, 0.2) is 0 Å². The normalized spacial score (nSPS) is 10.4. The van der Waals surface area contributed by atoms with E-state index in [-0.39, 0.29) is 11.6 Å². The van der Waals surface area contributed by atoms with E-state index in [0.29, 0.717) is 17.5 Å². The Kier molecular flexibility index (Phi) is 3.62. The van der Waals surface area contributed by atoms with Gasteiger partial charge >= 0.3 is 0 Å². The van der Waals surface area contributed by atoms with Gasteiger partial charge in [-0.15, -0.1) is 0 Å². The van der Waals surface area contributed by atoms with Crippen LogP contribution in [0.1, 0.15) is 27.5 Å². The number of aromatic nitrogens is 2. The van der Waals surface area contributed by atoms with Gasteiger partial charge in [0, 0.05) is 12.1 Å². The van der Waals surface area contributed by atoms with Crippen LogP contribution in [0.25, 0.3) is 0 Å². The summed E-state index contributed by atoms with van der Waals surface area (Å²) in [6.07, 6.45) is 0. The molecule has 2 aromatic heterocycles. The van der Waals surface area contributed by atoms with Gasteiger partial charge in [0.1, 0.15) is 16.6 Å². The van der Waals surface area contributed by atoms with Crippen molar-refractivity contribution in [3.63, 3.8) is 0 Å². The van der Waals surface area contributed by atoms with Gasteiger partial charge in [0.25, 0.3) is 5.91 Å². The number of amides is 1. The van der Waals surface area contributed by atoms with Gasteiger partial charge in [0.2, 0.25) is 0 Å². The van der Waals surface area contributed by atoms with Crippen molar-refractivity contribution in [1.82, 2.24) is 15.5 Å². The Morgan fingerprint density at radius 1 is 1.44 bits per heavy atom. The largest absolute Gasteiger partial charge is 0.361 e. The average molecular weight is 266 g/mol. The fourth-order valence-corrected chi connectivity index (χ4v) is 1.71. The highest BCUT2D eigenvalue weighted by Gasteiger charge is 2.12. The first-order valence-corrected chi connectivity index (χ1v) is 5.78. The number of nitrogens with one attached hydrogen (secondary N) is 1. The topological polar surface area (TPSA) is 68.0 Å². The second kappa shape index (κ2) is 5.18. The Balaban J connectivity index is 2.05. The van der Waals surface area contributed by atoms with Crippen LogP contribution in [0.15, 0.2) is 22.7 Å². The third-order valence-corrected chi connectivity index (χ3v) is 2.77. The molecule has 94 valence electrons. The number of aryl methyl sites for hydroxylation is 2. The van der Waals surface area contributed by atoms with Gasteiger partial charge in [-0.25, -0.2) is 4.98 Å². The van der Waals surface area contributed by atoms with Gasteiger partial charge in [-0.3, -0.25) is 4.79 Å². The van der Waals surface area contributed by atoms with Crippen molar-refractivity contribution in [1.29, 1.82) is 0 Å². The maximum absolute atomic E-state index is 11.8. The first-order chi connectivity index (χ1) is 8.58. The van der Waals surface area contributed by atoms with E-state index in [1.54, 1.807) is 25.1 Å². The number of halogens is 1. The summed E-state index contributed by atoms with van der Waals surface area (Å²) >= 11 is 5.72. The molecule has 0 saturated carbocycles. The predicted octanol–water partition coefficient (Wildman–Crippen LogP) is 2.27. The van der Waals surface area contributed by atoms with E-state index in [1.807, 2.05) is 6.92 Å². The summed E-state index contributed by atoms with van der Waals surface area (Å²) in [5.41, 5.74) is 1.94. The van der Waals surface area contributed by atoms with E-state index in [0.717, 1.165) is 11.3 Å². The predicted molar refractivity (Wildman–Crippen MR) is 66.4 cm³/mol. The standard InChI is InChI=1S/C12H12ClN3O2/c1-7-9(8(2)18-16-7)6-14-12(17)10-4-3-5-11(13)15-10/h3-5H,6H2,1-2H3,(H,14,17). The molecule has 0 aliphatic carbocycles. The van der Waals surface area contributed by atoms with Gasteiger partial charge < -0.3 is 9.84 Å². The van der Waals surface area contributed by atoms with Crippen LogP contribution >= 0.6 is 11.6 Å². The average Bonchev–Trinajstić information content (AvgIpc) is 2.66. The molecule has 2 aromatic rings. The molecule has 2 heterocycles. The number of carbonyl (C=O) groups excluding carboxylic acids is 1. The van der Waals surface area contributed by atoms with Crippen LogP contribution in [0, 0.1) is 13.8 Å². The lowest BCUT2D eigenvalue weighted by molar-refractivity contribution is 0.0946. The molecule has 5 nitrogen and oxygen atoms in total. The molecular formula is C12H12ClN3O2. The number of carbonyl (C=O) groups is 1. The number of nitrogens with zero attached hydrogens (tertiary/aromatic N) is 2. The van der Waals surface area contributed by atoms with Gasteiger partial charge in [-0.1, -0.05) is 22.8 Å². The summed E-state index contributed by atoms with van der Waals surface area (Å²) in [7, 11) is 0. The first-order valence-electron chi connectivity index (χ1n) is 5.40. The van der Waals surface area contributed by atoms with E-state index in [1.165, 1.54) is 0 Å². The van der Waals surface area contributed by atoms with Crippen molar-refractivity contribution in [3.05, 3.63) is 46.1 Å². The molecule has 1 N–H and O–H groups in total. The summed E-state index contributed by atoms with van der Waals surface area (Å²) in [6.45, 7) is 3.99. The highest BCUT2D eigenvalue weighted by Crippen LogP contribution is 2.12. The van der Waals surface area contributed by atoms with Crippen molar-refractivity contribution in [3.8, 4) is 0 Å². The molecule has 0 aliphatic heterocycles. The fourth-order valence-electron chi connectivity index (χ4n) is 1.55. The number of hydrogen-bond acceptors (Lipinski definition) is 4. The summed E-state index contributed by atoms with van der Waals surface area (Å²) < 4.78 is 5.01. The van der Waals surface area contributed by atoms with E-state index in [4.69, 9.17) is 16.1 Å². The molecule has 0 unspecified atom stereocenters. The molecule has 0 bridgehead atoms. The van der Waals surface area contributed by atoms with Gasteiger partial charge in [-0.2, -0.15) is 0 Å². The Morgan fingerprint density at radius 3 is 2.83 bits per heavy atom. The van der Waals surface area contributed by atoms with E-state index >= 15 is 0 Å². The van der Waals surface area contributed by atoms with Crippen molar-refractivity contribution in [2.24, 2.45) is 0 Å². The number of rotatable bonds is 3. The van der Waals surface area contributed by atoms with Crippen molar-refractivity contribution >= 4 is 17.5 Å². The van der Waals surface area contributed by atoms with Crippen LogP contribution in [0.2, 0.25) is 5.15 Å². The van der Waals surface area contributed by atoms with Crippen molar-refractivity contribution in [2.45, 2.75) is 20.4 Å². The summed E-state index contributed by atoms with van der Waals surface area (Å²) in [5.74, 6) is 0.421. The fraction of sp³-hybridized carbons (Fsp3) is 0.250. The number of hydrogen-bond donors (Lipinski definition) is 1. The second-order valence-electron chi connectivity index (χ2n) is 3.83. The molecule has 6 heteroatoms. The maximum Gasteiger partial charge on any atom is 0.270 e. The maximum atomic E-state index is 11.8. The zero-order valence-electron chi connectivity index (χ0n) is 10.0. The van der Waals surface area contributed by atoms with Crippen molar-refractivity contribution < 1.29 is 9.32 Å². The van der Waals surface area contributed by atoms with E-state index in [9.17, 15) is 4.79 Å². The molecule has 0 saturated heterocycles. The first kappa shape index (κ1) is 12.6.